The van der Waals surface area contributed by atoms with Crippen LogP contribution < -0.4 is 11.1 Å². The zero-order valence-corrected chi connectivity index (χ0v) is 15.5. The summed E-state index contributed by atoms with van der Waals surface area (Å²) in [7, 11) is 1.25. The normalized spacial score (nSPS) is 26.1. The van der Waals surface area contributed by atoms with Crippen molar-refractivity contribution in [1.29, 1.82) is 5.26 Å². The highest BCUT2D eigenvalue weighted by Gasteiger charge is 2.55. The lowest BCUT2D eigenvalue weighted by Gasteiger charge is -2.44. The number of aliphatic hydroxyl groups is 1. The number of esters is 1. The highest BCUT2D eigenvalue weighted by molar-refractivity contribution is 6.02. The number of nitrogens with one attached hydrogen (secondary N) is 1. The predicted octanol–water partition coefficient (Wildman–Crippen LogP) is 0.773. The number of piperidine rings is 1. The van der Waals surface area contributed by atoms with E-state index in [4.69, 9.17) is 5.73 Å². The van der Waals surface area contributed by atoms with Crippen LogP contribution in [0.2, 0.25) is 0 Å². The summed E-state index contributed by atoms with van der Waals surface area (Å²) in [5.74, 6) is -5.86. The van der Waals surface area contributed by atoms with E-state index in [9.17, 15) is 24.8 Å². The Morgan fingerprint density at radius 1 is 1.17 bits per heavy atom. The van der Waals surface area contributed by atoms with Crippen molar-refractivity contribution in [2.24, 2.45) is 17.6 Å². The van der Waals surface area contributed by atoms with Gasteiger partial charge in [0.05, 0.1) is 18.7 Å². The molecular weight excluding hydrogens is 374 g/mol. The number of carbonyl (C=O) groups is 3. The summed E-state index contributed by atoms with van der Waals surface area (Å²) >= 11 is 0. The maximum Gasteiger partial charge on any atom is 0.337 e. The van der Waals surface area contributed by atoms with E-state index in [1.807, 2.05) is 6.07 Å². The summed E-state index contributed by atoms with van der Waals surface area (Å²) in [6, 6.07) is 16.2. The Labute approximate surface area is 166 Å². The fourth-order valence-electron chi connectivity index (χ4n) is 3.73. The smallest absolute Gasteiger partial charge is 0.337 e. The minimum absolute atomic E-state index is 0.263. The van der Waals surface area contributed by atoms with E-state index in [0.717, 1.165) is 0 Å². The lowest BCUT2D eigenvalue weighted by atomic mass is 9.67. The third-order valence-electron chi connectivity index (χ3n) is 5.14. The van der Waals surface area contributed by atoms with Crippen LogP contribution in [0.25, 0.3) is 0 Å². The molecule has 1 saturated heterocycles. The standard InChI is InChI=1S/C21H19N3O5/c1-29-20(27)13-9-7-12(8-10-13)16-15(11-22)21(28,14-5-3-2-4-6-14)24-19(26)17(16)18(23)25/h2-10,15-17,28H,1H3,(H2,23,25)(H,24,26)/t15-,16+,17-,21+/m1/s1. The first-order valence-electron chi connectivity index (χ1n) is 8.80. The van der Waals surface area contributed by atoms with Gasteiger partial charge < -0.3 is 20.9 Å². The van der Waals surface area contributed by atoms with Crippen molar-refractivity contribution < 1.29 is 24.2 Å². The average Bonchev–Trinajstić information content (AvgIpc) is 2.73. The van der Waals surface area contributed by atoms with Crippen molar-refractivity contribution in [2.75, 3.05) is 7.11 Å². The molecular formula is C21H19N3O5. The topological polar surface area (TPSA) is 143 Å². The Morgan fingerprint density at radius 2 is 1.79 bits per heavy atom. The number of benzene rings is 2. The van der Waals surface area contributed by atoms with E-state index in [-0.39, 0.29) is 5.56 Å². The van der Waals surface area contributed by atoms with Gasteiger partial charge in [-0.15, -0.1) is 0 Å². The zero-order valence-electron chi connectivity index (χ0n) is 15.5. The SMILES string of the molecule is COC(=O)c1ccc([C@@H]2[C@H](C(N)=O)C(=O)N[C@](O)(c3ccccc3)[C@@H]2C#N)cc1. The quantitative estimate of drug-likeness (QED) is 0.517. The number of primary amides is 1. The number of hydrogen-bond acceptors (Lipinski definition) is 6. The highest BCUT2D eigenvalue weighted by Crippen LogP contribution is 2.45. The molecule has 4 N–H and O–H groups in total. The van der Waals surface area contributed by atoms with Gasteiger partial charge >= 0.3 is 5.97 Å². The molecule has 0 radical (unpaired) electrons. The van der Waals surface area contributed by atoms with Crippen molar-refractivity contribution >= 4 is 17.8 Å². The Morgan fingerprint density at radius 3 is 2.31 bits per heavy atom. The third kappa shape index (κ3) is 3.44. The Kier molecular flexibility index (Phi) is 5.35. The van der Waals surface area contributed by atoms with Gasteiger partial charge in [0.2, 0.25) is 11.8 Å². The van der Waals surface area contributed by atoms with Crippen molar-refractivity contribution in [1.82, 2.24) is 5.32 Å². The molecule has 2 amide bonds. The molecule has 0 saturated carbocycles. The minimum atomic E-state index is -2.02. The molecule has 2 aromatic rings. The minimum Gasteiger partial charge on any atom is -0.465 e. The van der Waals surface area contributed by atoms with Crippen molar-refractivity contribution in [3.05, 3.63) is 71.3 Å². The molecule has 8 heteroatoms. The van der Waals surface area contributed by atoms with E-state index < -0.39 is 41.3 Å². The highest BCUT2D eigenvalue weighted by atomic mass is 16.5. The van der Waals surface area contributed by atoms with Crippen LogP contribution in [0.5, 0.6) is 0 Å². The van der Waals surface area contributed by atoms with Crippen LogP contribution in [0.15, 0.2) is 54.6 Å². The number of rotatable bonds is 4. The van der Waals surface area contributed by atoms with Gasteiger partial charge in [0.25, 0.3) is 0 Å². The molecule has 0 unspecified atom stereocenters. The van der Waals surface area contributed by atoms with Gasteiger partial charge in [0.15, 0.2) is 5.72 Å². The largest absolute Gasteiger partial charge is 0.465 e. The molecule has 4 atom stereocenters. The van der Waals surface area contributed by atoms with Gasteiger partial charge in [-0.05, 0) is 17.7 Å². The average molecular weight is 393 g/mol. The molecule has 0 bridgehead atoms. The number of nitrogens with zero attached hydrogens (tertiary/aromatic N) is 1. The lowest BCUT2D eigenvalue weighted by Crippen LogP contribution is -2.62. The Bertz CT molecular complexity index is 984. The van der Waals surface area contributed by atoms with Crippen LogP contribution in [0, 0.1) is 23.2 Å². The number of amides is 2. The molecule has 2 aromatic carbocycles. The Balaban J connectivity index is 2.14. The molecule has 0 aliphatic carbocycles. The molecule has 8 nitrogen and oxygen atoms in total. The summed E-state index contributed by atoms with van der Waals surface area (Å²) in [6.07, 6.45) is 0. The fraction of sp³-hybridized carbons (Fsp3) is 0.238. The fourth-order valence-corrected chi connectivity index (χ4v) is 3.73. The van der Waals surface area contributed by atoms with E-state index >= 15 is 0 Å². The summed E-state index contributed by atoms with van der Waals surface area (Å²) < 4.78 is 4.66. The second-order valence-corrected chi connectivity index (χ2v) is 6.75. The molecule has 1 heterocycles. The van der Waals surface area contributed by atoms with Crippen LogP contribution in [0.4, 0.5) is 0 Å². The van der Waals surface area contributed by atoms with Gasteiger partial charge in [0.1, 0.15) is 11.8 Å². The monoisotopic (exact) mass is 393 g/mol. The zero-order chi connectivity index (χ0) is 21.2. The van der Waals surface area contributed by atoms with Crippen molar-refractivity contribution in [3.63, 3.8) is 0 Å². The maximum absolute atomic E-state index is 12.7. The Hall–Kier alpha value is -3.70. The van der Waals surface area contributed by atoms with Gasteiger partial charge in [-0.3, -0.25) is 9.59 Å². The molecule has 29 heavy (non-hydrogen) atoms. The molecule has 1 fully saturated rings. The summed E-state index contributed by atoms with van der Waals surface area (Å²) in [4.78, 5) is 36.5. The second-order valence-electron chi connectivity index (χ2n) is 6.75. The van der Waals surface area contributed by atoms with E-state index in [1.54, 1.807) is 30.3 Å². The van der Waals surface area contributed by atoms with E-state index in [1.165, 1.54) is 31.4 Å². The van der Waals surface area contributed by atoms with Crippen LogP contribution in [-0.4, -0.2) is 30.0 Å². The summed E-state index contributed by atoms with van der Waals surface area (Å²) in [6.45, 7) is 0. The van der Waals surface area contributed by atoms with Crippen LogP contribution in [0.3, 0.4) is 0 Å². The maximum atomic E-state index is 12.7. The second kappa shape index (κ2) is 7.73. The molecule has 3 rings (SSSR count). The molecule has 0 aromatic heterocycles. The van der Waals surface area contributed by atoms with Crippen LogP contribution >= 0.6 is 0 Å². The van der Waals surface area contributed by atoms with Crippen molar-refractivity contribution in [3.8, 4) is 6.07 Å². The van der Waals surface area contributed by atoms with E-state index in [0.29, 0.717) is 11.1 Å². The predicted molar refractivity (Wildman–Crippen MR) is 101 cm³/mol. The van der Waals surface area contributed by atoms with Crippen molar-refractivity contribution in [2.45, 2.75) is 11.6 Å². The van der Waals surface area contributed by atoms with Gasteiger partial charge in [-0.2, -0.15) is 5.26 Å². The summed E-state index contributed by atoms with van der Waals surface area (Å²) in [5.41, 5.74) is 4.42. The molecule has 148 valence electrons. The summed E-state index contributed by atoms with van der Waals surface area (Å²) in [5, 5.41) is 23.6. The van der Waals surface area contributed by atoms with Crippen LogP contribution in [-0.2, 0) is 20.1 Å². The van der Waals surface area contributed by atoms with Crippen LogP contribution in [0.1, 0.15) is 27.4 Å². The van der Waals surface area contributed by atoms with Gasteiger partial charge in [-0.1, -0.05) is 42.5 Å². The first-order chi connectivity index (χ1) is 13.8. The first kappa shape index (κ1) is 20.0. The number of carbonyl (C=O) groups excluding carboxylic acids is 3. The number of methoxy groups -OCH3 is 1. The van der Waals surface area contributed by atoms with Gasteiger partial charge in [-0.25, -0.2) is 4.79 Å². The number of ether oxygens (including phenoxy) is 1. The van der Waals surface area contributed by atoms with E-state index in [2.05, 4.69) is 10.1 Å². The third-order valence-corrected chi connectivity index (χ3v) is 5.14. The molecule has 1 aliphatic rings. The molecule has 1 aliphatic heterocycles. The number of hydrogen-bond donors (Lipinski definition) is 3. The lowest BCUT2D eigenvalue weighted by molar-refractivity contribution is -0.153. The van der Waals surface area contributed by atoms with Gasteiger partial charge in [0, 0.05) is 11.5 Å². The number of nitrogens with two attached hydrogens (primary N) is 1. The number of nitriles is 1. The molecule has 0 spiro atoms. The first-order valence-corrected chi connectivity index (χ1v) is 8.80.